The van der Waals surface area contributed by atoms with Gasteiger partial charge in [-0.25, -0.2) is 5.01 Å². The molecule has 2 fully saturated rings. The largest absolute Gasteiger partial charge is 0.301 e. The van der Waals surface area contributed by atoms with Crippen molar-refractivity contribution >= 4 is 20.2 Å². The molecule has 2 saturated heterocycles. The molecule has 3 unspecified atom stereocenters. The van der Waals surface area contributed by atoms with Crippen LogP contribution in [-0.2, 0) is 26.1 Å². The Morgan fingerprint density at radius 3 is 2.15 bits per heavy atom. The molecule has 3 atom stereocenters. The zero-order chi connectivity index (χ0) is 23.1. The second-order valence-electron chi connectivity index (χ2n) is 9.04. The summed E-state index contributed by atoms with van der Waals surface area (Å²) in [6, 6.07) is 22.0. The summed E-state index contributed by atoms with van der Waals surface area (Å²) in [6.45, 7) is 10.2. The van der Waals surface area contributed by atoms with Crippen molar-refractivity contribution in [2.24, 2.45) is 5.92 Å². The summed E-state index contributed by atoms with van der Waals surface area (Å²) in [5, 5.41) is 2.50. The van der Waals surface area contributed by atoms with Gasteiger partial charge in [0.25, 0.3) is 0 Å². The van der Waals surface area contributed by atoms with Gasteiger partial charge in [0.05, 0.1) is 0 Å². The number of hydrazine groups is 1. The quantitative estimate of drug-likeness (QED) is 0.558. The van der Waals surface area contributed by atoms with Crippen LogP contribution in [0.25, 0.3) is 0 Å². The summed E-state index contributed by atoms with van der Waals surface area (Å²) in [5.41, 5.74) is 6.67. The SMILES string of the molecule is [Cl][Mn][Cl].c1ccc(CC2CCCN3CCN(Cc4ccccc4)CCNN(CC2)CC3)cc1. The predicted octanol–water partition coefficient (Wildman–Crippen LogP) is 5.03. The number of hydrogen-bond donors (Lipinski definition) is 1. The number of halogens is 2. The molecule has 183 valence electrons. The molecule has 0 radical (unpaired) electrons. The van der Waals surface area contributed by atoms with Crippen molar-refractivity contribution in [1.29, 1.82) is 0 Å². The van der Waals surface area contributed by atoms with Crippen molar-refractivity contribution in [3.05, 3.63) is 71.8 Å². The maximum absolute atomic E-state index is 4.80. The molecule has 2 aliphatic heterocycles. The van der Waals surface area contributed by atoms with Gasteiger partial charge in [-0.1, -0.05) is 60.7 Å². The maximum Gasteiger partial charge on any atom is 0.0258 e. The van der Waals surface area contributed by atoms with Crippen molar-refractivity contribution in [3.63, 3.8) is 0 Å². The van der Waals surface area contributed by atoms with E-state index < -0.39 is 0 Å². The van der Waals surface area contributed by atoms with Crippen LogP contribution in [0.1, 0.15) is 30.4 Å². The summed E-state index contributed by atoms with van der Waals surface area (Å²) >= 11 is 0.00694. The number of nitrogens with one attached hydrogen (secondary N) is 1. The van der Waals surface area contributed by atoms with Gasteiger partial charge in [-0.3, -0.25) is 10.3 Å². The Morgan fingerprint density at radius 2 is 1.42 bits per heavy atom. The average Bonchev–Trinajstić information content (AvgIpc) is 2.84. The molecule has 0 amide bonds. The number of rotatable bonds is 4. The molecule has 33 heavy (non-hydrogen) atoms. The van der Waals surface area contributed by atoms with Gasteiger partial charge in [-0.05, 0) is 49.3 Å². The van der Waals surface area contributed by atoms with Gasteiger partial charge in [0.1, 0.15) is 0 Å². The van der Waals surface area contributed by atoms with Crippen LogP contribution in [-0.4, -0.2) is 67.2 Å². The smallest absolute Gasteiger partial charge is 0.0258 e. The van der Waals surface area contributed by atoms with Crippen molar-refractivity contribution < 1.29 is 13.1 Å². The van der Waals surface area contributed by atoms with E-state index in [-0.39, 0.29) is 13.1 Å². The first-order valence-electron chi connectivity index (χ1n) is 12.1. The Labute approximate surface area is 215 Å². The first kappa shape index (κ1) is 27.0. The molecule has 2 aromatic carbocycles. The van der Waals surface area contributed by atoms with Crippen molar-refractivity contribution in [2.45, 2.75) is 32.2 Å². The zero-order valence-corrected chi connectivity index (χ0v) is 22.2. The Hall–Kier alpha value is -0.621. The first-order chi connectivity index (χ1) is 16.3. The third-order valence-electron chi connectivity index (χ3n) is 6.69. The van der Waals surface area contributed by atoms with Gasteiger partial charge in [0, 0.05) is 52.4 Å². The van der Waals surface area contributed by atoms with E-state index in [1.54, 1.807) is 0 Å². The topological polar surface area (TPSA) is 21.8 Å². The van der Waals surface area contributed by atoms with E-state index in [2.05, 4.69) is 80.9 Å². The van der Waals surface area contributed by atoms with Crippen LogP contribution in [0.3, 0.4) is 0 Å². The zero-order valence-electron chi connectivity index (χ0n) is 19.5. The van der Waals surface area contributed by atoms with E-state index in [1.807, 2.05) is 0 Å². The standard InChI is InChI=1S/C26H38N4.2ClH.Mn/c1-3-8-24(9-4-1)22-25-12-7-15-28-18-19-29(23-26-10-5-2-6-11-26)17-14-27-30(16-13-25)21-20-28;;;/h1-6,8-11,25,27H,7,12-23H2;2*1H;/q;;;+2/p-2. The van der Waals surface area contributed by atoms with E-state index in [4.69, 9.17) is 20.2 Å². The van der Waals surface area contributed by atoms with Gasteiger partial charge in [0.2, 0.25) is 0 Å². The van der Waals surface area contributed by atoms with Crippen LogP contribution in [0.2, 0.25) is 0 Å². The van der Waals surface area contributed by atoms with Crippen LogP contribution in [0.5, 0.6) is 0 Å². The van der Waals surface area contributed by atoms with Gasteiger partial charge >= 0.3 is 33.3 Å². The second-order valence-corrected chi connectivity index (χ2v) is 11.0. The molecule has 1 N–H and O–H groups in total. The number of hydrogen-bond acceptors (Lipinski definition) is 4. The first-order valence-corrected chi connectivity index (χ1v) is 15.4. The summed E-state index contributed by atoms with van der Waals surface area (Å²) in [4.78, 5) is 5.31. The Morgan fingerprint density at radius 1 is 0.758 bits per heavy atom. The third-order valence-corrected chi connectivity index (χ3v) is 6.69. The minimum Gasteiger partial charge on any atom is -0.301 e. The van der Waals surface area contributed by atoms with E-state index >= 15 is 0 Å². The predicted molar refractivity (Wildman–Crippen MR) is 137 cm³/mol. The molecule has 4 nitrogen and oxygen atoms in total. The molecule has 4 rings (SSSR count). The number of benzene rings is 2. The fourth-order valence-corrected chi connectivity index (χ4v) is 4.87. The minimum atomic E-state index is 0.00694. The molecular weight excluding hydrogens is 494 g/mol. The van der Waals surface area contributed by atoms with Crippen LogP contribution in [0.15, 0.2) is 60.7 Å². The molecular formula is C26H38Cl2MnN4. The van der Waals surface area contributed by atoms with Crippen LogP contribution in [0, 0.1) is 5.92 Å². The summed E-state index contributed by atoms with van der Waals surface area (Å²) in [5.74, 6) is 0.786. The summed E-state index contributed by atoms with van der Waals surface area (Å²) in [6.07, 6.45) is 5.17. The van der Waals surface area contributed by atoms with E-state index in [0.29, 0.717) is 0 Å². The Kier molecular flexibility index (Phi) is 13.2. The van der Waals surface area contributed by atoms with Crippen LogP contribution >= 0.6 is 20.2 Å². The van der Waals surface area contributed by atoms with Gasteiger partial charge < -0.3 is 4.90 Å². The minimum absolute atomic E-state index is 0.00694. The third kappa shape index (κ3) is 10.7. The summed E-state index contributed by atoms with van der Waals surface area (Å²) < 4.78 is 0. The molecule has 2 bridgehead atoms. The normalized spacial score (nSPS) is 25.0. The molecule has 0 aromatic heterocycles. The Balaban J connectivity index is 0.000000968. The van der Waals surface area contributed by atoms with Crippen LogP contribution < -0.4 is 5.43 Å². The van der Waals surface area contributed by atoms with Crippen LogP contribution in [0.4, 0.5) is 0 Å². The fourth-order valence-electron chi connectivity index (χ4n) is 4.87. The van der Waals surface area contributed by atoms with Gasteiger partial charge in [0.15, 0.2) is 0 Å². The second kappa shape index (κ2) is 16.1. The number of fused-ring (bicyclic) bond motifs is 3. The molecule has 2 aromatic rings. The number of nitrogens with zero attached hydrogens (tertiary/aromatic N) is 3. The van der Waals surface area contributed by atoms with E-state index in [1.165, 1.54) is 56.4 Å². The molecule has 7 heteroatoms. The van der Waals surface area contributed by atoms with Gasteiger partial charge in [-0.2, -0.15) is 0 Å². The van der Waals surface area contributed by atoms with E-state index in [9.17, 15) is 0 Å². The molecule has 2 aliphatic rings. The monoisotopic (exact) mass is 531 g/mol. The van der Waals surface area contributed by atoms with Crippen molar-refractivity contribution in [2.75, 3.05) is 52.4 Å². The van der Waals surface area contributed by atoms with E-state index in [0.717, 1.165) is 45.2 Å². The maximum atomic E-state index is 4.80. The Bertz CT molecular complexity index is 689. The molecule has 0 aliphatic carbocycles. The fraction of sp³-hybridized carbons (Fsp3) is 0.538. The summed E-state index contributed by atoms with van der Waals surface area (Å²) in [7, 11) is 9.59. The average molecular weight is 532 g/mol. The molecule has 0 saturated carbocycles. The van der Waals surface area contributed by atoms with Crippen molar-refractivity contribution in [3.8, 4) is 0 Å². The molecule has 0 spiro atoms. The van der Waals surface area contributed by atoms with Gasteiger partial charge in [-0.15, -0.1) is 0 Å². The van der Waals surface area contributed by atoms with Crippen molar-refractivity contribution in [1.82, 2.24) is 20.2 Å². The molecule has 2 heterocycles.